The predicted octanol–water partition coefficient (Wildman–Crippen LogP) is 1.32. The largest absolute Gasteiger partial charge is 0.311 e. The quantitative estimate of drug-likeness (QED) is 0.855. The number of sulfone groups is 1. The molecular formula is C14H22N2O2S. The molecule has 1 heterocycles. The van der Waals surface area contributed by atoms with E-state index in [1.165, 1.54) is 19.1 Å². The van der Waals surface area contributed by atoms with Gasteiger partial charge < -0.3 is 10.6 Å². The molecule has 0 spiro atoms. The Morgan fingerprint density at radius 2 is 2.00 bits per heavy atom. The van der Waals surface area contributed by atoms with E-state index in [9.17, 15) is 8.42 Å². The van der Waals surface area contributed by atoms with Gasteiger partial charge in [-0.15, -0.1) is 0 Å². The van der Waals surface area contributed by atoms with Crippen molar-refractivity contribution < 1.29 is 8.42 Å². The van der Waals surface area contributed by atoms with Crippen LogP contribution in [0, 0.1) is 0 Å². The third-order valence-corrected chi connectivity index (χ3v) is 4.78. The van der Waals surface area contributed by atoms with E-state index in [1.54, 1.807) is 12.1 Å². The van der Waals surface area contributed by atoms with Gasteiger partial charge in [-0.1, -0.05) is 12.1 Å². The van der Waals surface area contributed by atoms with Crippen molar-refractivity contribution in [2.75, 3.05) is 19.3 Å². The molecule has 0 bridgehead atoms. The van der Waals surface area contributed by atoms with E-state index in [1.807, 2.05) is 12.1 Å². The maximum atomic E-state index is 11.4. The van der Waals surface area contributed by atoms with Crippen LogP contribution in [0.2, 0.25) is 0 Å². The lowest BCUT2D eigenvalue weighted by Crippen LogP contribution is -2.45. The number of nitrogens with one attached hydrogen (secondary N) is 2. The van der Waals surface area contributed by atoms with E-state index in [4.69, 9.17) is 0 Å². The zero-order valence-corrected chi connectivity index (χ0v) is 12.4. The van der Waals surface area contributed by atoms with Crippen molar-refractivity contribution in [2.45, 2.75) is 36.7 Å². The normalized spacial score (nSPS) is 23.7. The monoisotopic (exact) mass is 282 g/mol. The molecule has 1 aromatic rings. The summed E-state index contributed by atoms with van der Waals surface area (Å²) < 4.78 is 22.7. The average Bonchev–Trinajstić information content (AvgIpc) is 2.76. The molecule has 0 radical (unpaired) electrons. The van der Waals surface area contributed by atoms with Crippen molar-refractivity contribution in [3.8, 4) is 0 Å². The van der Waals surface area contributed by atoms with E-state index < -0.39 is 9.84 Å². The van der Waals surface area contributed by atoms with Gasteiger partial charge in [0.25, 0.3) is 0 Å². The first-order chi connectivity index (χ1) is 8.89. The van der Waals surface area contributed by atoms with Crippen LogP contribution in [0.1, 0.15) is 25.3 Å². The minimum atomic E-state index is -3.09. The van der Waals surface area contributed by atoms with Crippen molar-refractivity contribution in [1.29, 1.82) is 0 Å². The van der Waals surface area contributed by atoms with Gasteiger partial charge in [0.2, 0.25) is 0 Å². The first kappa shape index (κ1) is 14.5. The standard InChI is InChI=1S/C14H22N2O2S/c1-14(8-3-9-16-14)11-15-10-12-4-6-13(7-5-12)19(2,17)18/h4-7,15-16H,3,8-11H2,1-2H3. The lowest BCUT2D eigenvalue weighted by Gasteiger charge is -2.24. The van der Waals surface area contributed by atoms with E-state index in [2.05, 4.69) is 17.6 Å². The van der Waals surface area contributed by atoms with Crippen LogP contribution in [0.15, 0.2) is 29.2 Å². The van der Waals surface area contributed by atoms with Crippen LogP contribution in [-0.2, 0) is 16.4 Å². The summed E-state index contributed by atoms with van der Waals surface area (Å²) in [5, 5.41) is 6.94. The van der Waals surface area contributed by atoms with Crippen molar-refractivity contribution in [3.63, 3.8) is 0 Å². The van der Waals surface area contributed by atoms with E-state index in [-0.39, 0.29) is 5.54 Å². The van der Waals surface area contributed by atoms with Crippen molar-refractivity contribution in [1.82, 2.24) is 10.6 Å². The van der Waals surface area contributed by atoms with E-state index >= 15 is 0 Å². The molecule has 0 saturated carbocycles. The lowest BCUT2D eigenvalue weighted by atomic mass is 10.0. The SMILES string of the molecule is CC1(CNCc2ccc(S(C)(=O)=O)cc2)CCCN1. The highest BCUT2D eigenvalue weighted by Gasteiger charge is 2.26. The zero-order valence-electron chi connectivity index (χ0n) is 11.6. The molecule has 1 fully saturated rings. The van der Waals surface area contributed by atoms with Crippen LogP contribution in [0.4, 0.5) is 0 Å². The molecule has 19 heavy (non-hydrogen) atoms. The summed E-state index contributed by atoms with van der Waals surface area (Å²) in [4.78, 5) is 0.376. The van der Waals surface area contributed by atoms with Gasteiger partial charge in [-0.2, -0.15) is 0 Å². The first-order valence-electron chi connectivity index (χ1n) is 6.64. The number of hydrogen-bond donors (Lipinski definition) is 2. The Morgan fingerprint density at radius 1 is 1.32 bits per heavy atom. The Hall–Kier alpha value is -0.910. The Bertz CT molecular complexity index is 517. The van der Waals surface area contributed by atoms with Gasteiger partial charge >= 0.3 is 0 Å². The van der Waals surface area contributed by atoms with Crippen molar-refractivity contribution in [2.24, 2.45) is 0 Å². The van der Waals surface area contributed by atoms with Gasteiger partial charge in [-0.25, -0.2) is 8.42 Å². The summed E-state index contributed by atoms with van der Waals surface area (Å²) in [5.74, 6) is 0. The zero-order chi connectivity index (χ0) is 13.9. The molecule has 4 nitrogen and oxygen atoms in total. The highest BCUT2D eigenvalue weighted by molar-refractivity contribution is 7.90. The summed E-state index contributed by atoms with van der Waals surface area (Å²) in [7, 11) is -3.09. The smallest absolute Gasteiger partial charge is 0.175 e. The predicted molar refractivity (Wildman–Crippen MR) is 76.9 cm³/mol. The molecule has 0 aromatic heterocycles. The Balaban J connectivity index is 1.87. The second kappa shape index (κ2) is 5.61. The topological polar surface area (TPSA) is 58.2 Å². The van der Waals surface area contributed by atoms with Crippen LogP contribution in [0.25, 0.3) is 0 Å². The van der Waals surface area contributed by atoms with Gasteiger partial charge in [0.15, 0.2) is 9.84 Å². The Kier molecular flexibility index (Phi) is 4.28. The molecule has 5 heteroatoms. The third kappa shape index (κ3) is 4.03. The van der Waals surface area contributed by atoms with Crippen LogP contribution in [-0.4, -0.2) is 33.3 Å². The van der Waals surface area contributed by atoms with Gasteiger partial charge in [0, 0.05) is 24.9 Å². The average molecular weight is 282 g/mol. The molecule has 0 amide bonds. The number of rotatable bonds is 5. The summed E-state index contributed by atoms with van der Waals surface area (Å²) in [6.45, 7) is 5.03. The number of hydrogen-bond acceptors (Lipinski definition) is 4. The maximum Gasteiger partial charge on any atom is 0.175 e. The second-order valence-electron chi connectivity index (χ2n) is 5.61. The summed E-state index contributed by atoms with van der Waals surface area (Å²) in [5.41, 5.74) is 1.31. The fourth-order valence-electron chi connectivity index (χ4n) is 2.45. The van der Waals surface area contributed by atoms with Crippen LogP contribution in [0.3, 0.4) is 0 Å². The molecule has 1 aromatic carbocycles. The fraction of sp³-hybridized carbons (Fsp3) is 0.571. The molecule has 2 rings (SSSR count). The number of benzene rings is 1. The lowest BCUT2D eigenvalue weighted by molar-refractivity contribution is 0.385. The molecule has 106 valence electrons. The molecule has 1 atom stereocenters. The highest BCUT2D eigenvalue weighted by Crippen LogP contribution is 2.17. The molecule has 2 N–H and O–H groups in total. The van der Waals surface area contributed by atoms with Crippen LogP contribution >= 0.6 is 0 Å². The minimum absolute atomic E-state index is 0.201. The Morgan fingerprint density at radius 3 is 2.53 bits per heavy atom. The Labute approximate surface area is 115 Å². The molecule has 1 aliphatic heterocycles. The molecular weight excluding hydrogens is 260 g/mol. The van der Waals surface area contributed by atoms with Crippen molar-refractivity contribution in [3.05, 3.63) is 29.8 Å². The minimum Gasteiger partial charge on any atom is -0.311 e. The maximum absolute atomic E-state index is 11.4. The van der Waals surface area contributed by atoms with Gasteiger partial charge in [0.1, 0.15) is 0 Å². The second-order valence-corrected chi connectivity index (χ2v) is 7.63. The van der Waals surface area contributed by atoms with Crippen LogP contribution < -0.4 is 10.6 Å². The molecule has 0 aliphatic carbocycles. The van der Waals surface area contributed by atoms with E-state index in [0.29, 0.717) is 4.90 Å². The summed E-state index contributed by atoms with van der Waals surface area (Å²) >= 11 is 0. The highest BCUT2D eigenvalue weighted by atomic mass is 32.2. The van der Waals surface area contributed by atoms with Crippen molar-refractivity contribution >= 4 is 9.84 Å². The van der Waals surface area contributed by atoms with Gasteiger partial charge in [0.05, 0.1) is 4.90 Å². The third-order valence-electron chi connectivity index (χ3n) is 3.65. The fourth-order valence-corrected chi connectivity index (χ4v) is 3.08. The molecule has 1 saturated heterocycles. The van der Waals surface area contributed by atoms with Gasteiger partial charge in [-0.3, -0.25) is 0 Å². The first-order valence-corrected chi connectivity index (χ1v) is 8.53. The summed E-state index contributed by atoms with van der Waals surface area (Å²) in [6, 6.07) is 7.07. The van der Waals surface area contributed by atoms with Gasteiger partial charge in [-0.05, 0) is 44.0 Å². The van der Waals surface area contributed by atoms with Crippen LogP contribution in [0.5, 0.6) is 0 Å². The van der Waals surface area contributed by atoms with E-state index in [0.717, 1.165) is 25.2 Å². The molecule has 1 aliphatic rings. The molecule has 1 unspecified atom stereocenters. The summed E-state index contributed by atoms with van der Waals surface area (Å²) in [6.07, 6.45) is 3.67.